The van der Waals surface area contributed by atoms with Crippen LogP contribution in [0.4, 0.5) is 4.39 Å². The molecular weight excluding hydrogens is 519 g/mol. The predicted octanol–water partition coefficient (Wildman–Crippen LogP) is 6.37. The molecule has 7 heteroatoms. The molecule has 1 atom stereocenters. The maximum absolute atomic E-state index is 14.4. The molecule has 0 saturated carbocycles. The fourth-order valence-corrected chi connectivity index (χ4v) is 5.80. The lowest BCUT2D eigenvalue weighted by Gasteiger charge is -2.26. The Kier molecular flexibility index (Phi) is 8.64. The number of hydrogen-bond donors (Lipinski definition) is 2. The zero-order valence-corrected chi connectivity index (χ0v) is 23.5. The van der Waals surface area contributed by atoms with E-state index in [0.717, 1.165) is 52.8 Å². The Morgan fingerprint density at radius 1 is 0.951 bits per heavy atom. The number of piperidine rings is 1. The minimum Gasteiger partial charge on any atom is -0.496 e. The Morgan fingerprint density at radius 2 is 1.68 bits per heavy atom. The summed E-state index contributed by atoms with van der Waals surface area (Å²) >= 11 is 0. The molecule has 1 aliphatic rings. The molecule has 0 bridgehead atoms. The molecule has 2 N–H and O–H groups in total. The number of halogens is 1. The van der Waals surface area contributed by atoms with Gasteiger partial charge in [0.1, 0.15) is 17.6 Å². The lowest BCUT2D eigenvalue weighted by molar-refractivity contribution is -0.139. The highest BCUT2D eigenvalue weighted by Gasteiger charge is 2.25. The molecule has 1 amide bonds. The van der Waals surface area contributed by atoms with Crippen molar-refractivity contribution in [1.82, 2.24) is 10.2 Å². The number of carbonyl (C=O) groups is 2. The predicted molar refractivity (Wildman–Crippen MR) is 159 cm³/mol. The summed E-state index contributed by atoms with van der Waals surface area (Å²) in [7, 11) is 1.66. The van der Waals surface area contributed by atoms with E-state index >= 15 is 0 Å². The van der Waals surface area contributed by atoms with Crippen molar-refractivity contribution in [2.24, 2.45) is 0 Å². The molecule has 5 rings (SSSR count). The Hall–Kier alpha value is -4.23. The van der Waals surface area contributed by atoms with Crippen LogP contribution in [0.25, 0.3) is 21.9 Å². The van der Waals surface area contributed by atoms with Gasteiger partial charge in [-0.05, 0) is 84.1 Å². The first kappa shape index (κ1) is 28.3. The molecule has 212 valence electrons. The Balaban J connectivity index is 1.47. The van der Waals surface area contributed by atoms with E-state index in [9.17, 15) is 19.1 Å². The number of nitrogens with one attached hydrogen (secondary N) is 1. The number of carboxylic acid groups (broad SMARTS) is 1. The van der Waals surface area contributed by atoms with Gasteiger partial charge in [0.05, 0.1) is 12.7 Å². The molecule has 1 fully saturated rings. The summed E-state index contributed by atoms with van der Waals surface area (Å²) in [6.45, 7) is 4.72. The van der Waals surface area contributed by atoms with Crippen LogP contribution in [0, 0.1) is 12.7 Å². The minimum absolute atomic E-state index is 0.0432. The smallest absolute Gasteiger partial charge is 0.326 e. The molecule has 6 nitrogen and oxygen atoms in total. The van der Waals surface area contributed by atoms with Gasteiger partial charge in [0.25, 0.3) is 5.91 Å². The lowest BCUT2D eigenvalue weighted by Crippen LogP contribution is -2.42. The highest BCUT2D eigenvalue weighted by Crippen LogP contribution is 2.37. The first-order valence-corrected chi connectivity index (χ1v) is 14.0. The SMILES string of the molecule is COc1ccc(CN2CCCCC2)cc1-c1cccc2c(C[C@H](NC(=O)c3c(C)cccc3F)C(=O)O)cccc12. The molecule has 1 heterocycles. The number of benzene rings is 4. The van der Waals surface area contributed by atoms with Gasteiger partial charge in [-0.15, -0.1) is 0 Å². The lowest BCUT2D eigenvalue weighted by atomic mass is 9.92. The number of aryl methyl sites for hydroxylation is 1. The number of methoxy groups -OCH3 is 1. The Labute approximate surface area is 239 Å². The summed E-state index contributed by atoms with van der Waals surface area (Å²) in [6.07, 6.45) is 3.79. The number of ether oxygens (including phenoxy) is 1. The van der Waals surface area contributed by atoms with Gasteiger partial charge in [-0.3, -0.25) is 9.69 Å². The normalized spacial score (nSPS) is 14.5. The molecule has 4 aromatic rings. The summed E-state index contributed by atoms with van der Waals surface area (Å²) in [6, 6.07) is 21.1. The number of hydrogen-bond acceptors (Lipinski definition) is 4. The number of rotatable bonds is 9. The van der Waals surface area contributed by atoms with Gasteiger partial charge in [0, 0.05) is 18.5 Å². The van der Waals surface area contributed by atoms with Gasteiger partial charge < -0.3 is 15.2 Å². The first-order chi connectivity index (χ1) is 19.9. The average Bonchev–Trinajstić information content (AvgIpc) is 2.97. The van der Waals surface area contributed by atoms with E-state index in [1.54, 1.807) is 20.1 Å². The van der Waals surface area contributed by atoms with Crippen LogP contribution >= 0.6 is 0 Å². The second-order valence-corrected chi connectivity index (χ2v) is 10.7. The average molecular weight is 555 g/mol. The molecule has 0 aromatic heterocycles. The largest absolute Gasteiger partial charge is 0.496 e. The van der Waals surface area contributed by atoms with Crippen LogP contribution in [0.3, 0.4) is 0 Å². The van der Waals surface area contributed by atoms with E-state index in [4.69, 9.17) is 4.74 Å². The van der Waals surface area contributed by atoms with E-state index in [0.29, 0.717) is 5.56 Å². The molecule has 0 aliphatic carbocycles. The third kappa shape index (κ3) is 6.25. The number of nitrogens with zero attached hydrogens (tertiary/aromatic N) is 1. The van der Waals surface area contributed by atoms with Crippen molar-refractivity contribution in [1.29, 1.82) is 0 Å². The summed E-state index contributed by atoms with van der Waals surface area (Å²) in [4.78, 5) is 27.6. The summed E-state index contributed by atoms with van der Waals surface area (Å²) in [5.74, 6) is -1.85. The maximum Gasteiger partial charge on any atom is 0.326 e. The van der Waals surface area contributed by atoms with Crippen molar-refractivity contribution in [2.75, 3.05) is 20.2 Å². The van der Waals surface area contributed by atoms with Crippen molar-refractivity contribution in [3.8, 4) is 16.9 Å². The van der Waals surface area contributed by atoms with Crippen LogP contribution in [0.1, 0.15) is 46.3 Å². The quantitative estimate of drug-likeness (QED) is 0.251. The number of amides is 1. The summed E-state index contributed by atoms with van der Waals surface area (Å²) in [5.41, 5.74) is 4.24. The van der Waals surface area contributed by atoms with Gasteiger partial charge in [0.15, 0.2) is 0 Å². The molecule has 1 saturated heterocycles. The first-order valence-electron chi connectivity index (χ1n) is 14.0. The van der Waals surface area contributed by atoms with Gasteiger partial charge in [0.2, 0.25) is 0 Å². The fraction of sp³-hybridized carbons (Fsp3) is 0.294. The van der Waals surface area contributed by atoms with Gasteiger partial charge in [-0.1, -0.05) is 61.0 Å². The van der Waals surface area contributed by atoms with Gasteiger partial charge in [-0.2, -0.15) is 0 Å². The monoisotopic (exact) mass is 554 g/mol. The van der Waals surface area contributed by atoms with Crippen LogP contribution in [0.2, 0.25) is 0 Å². The van der Waals surface area contributed by atoms with E-state index in [-0.39, 0.29) is 12.0 Å². The van der Waals surface area contributed by atoms with E-state index < -0.39 is 23.7 Å². The standard InChI is InChI=1S/C34H35FN2O4/c1-22-9-6-14-29(35)32(22)33(38)36-30(34(39)40)20-24-10-7-12-26-25(24)11-8-13-27(26)28-19-23(15-16-31(28)41-2)21-37-17-4-3-5-18-37/h6-16,19,30H,3-5,17-18,20-21H2,1-2H3,(H,36,38)(H,39,40)/t30-/m0/s1. The van der Waals surface area contributed by atoms with Gasteiger partial charge >= 0.3 is 5.97 Å². The zero-order valence-electron chi connectivity index (χ0n) is 23.5. The van der Waals surface area contributed by atoms with Crippen molar-refractivity contribution >= 4 is 22.6 Å². The van der Waals surface area contributed by atoms with Crippen LogP contribution in [-0.2, 0) is 17.8 Å². The number of carboxylic acids is 1. The Bertz CT molecular complexity index is 1560. The summed E-state index contributed by atoms with van der Waals surface area (Å²) in [5, 5.41) is 14.4. The third-order valence-corrected chi connectivity index (χ3v) is 7.90. The number of aliphatic carboxylic acids is 1. The third-order valence-electron chi connectivity index (χ3n) is 7.90. The minimum atomic E-state index is -1.24. The van der Waals surface area contributed by atoms with Gasteiger partial charge in [-0.25, -0.2) is 9.18 Å². The van der Waals surface area contributed by atoms with E-state index in [1.165, 1.54) is 37.0 Å². The molecular formula is C34H35FN2O4. The number of fused-ring (bicyclic) bond motifs is 1. The molecule has 0 spiro atoms. The highest BCUT2D eigenvalue weighted by atomic mass is 19.1. The van der Waals surface area contributed by atoms with E-state index in [2.05, 4.69) is 22.3 Å². The fourth-order valence-electron chi connectivity index (χ4n) is 5.80. The second-order valence-electron chi connectivity index (χ2n) is 10.7. The maximum atomic E-state index is 14.4. The molecule has 1 aliphatic heterocycles. The van der Waals surface area contributed by atoms with Crippen molar-refractivity contribution < 1.29 is 23.8 Å². The zero-order chi connectivity index (χ0) is 28.9. The number of likely N-dealkylation sites (tertiary alicyclic amines) is 1. The molecule has 0 radical (unpaired) electrons. The molecule has 41 heavy (non-hydrogen) atoms. The number of carbonyl (C=O) groups excluding carboxylic acids is 1. The van der Waals surface area contributed by atoms with Crippen LogP contribution in [0.15, 0.2) is 72.8 Å². The van der Waals surface area contributed by atoms with Crippen LogP contribution in [0.5, 0.6) is 5.75 Å². The topological polar surface area (TPSA) is 78.9 Å². The van der Waals surface area contributed by atoms with E-state index in [1.807, 2.05) is 42.5 Å². The van der Waals surface area contributed by atoms with Crippen molar-refractivity contribution in [3.63, 3.8) is 0 Å². The van der Waals surface area contributed by atoms with Crippen molar-refractivity contribution in [3.05, 3.63) is 101 Å². The Morgan fingerprint density at radius 3 is 2.41 bits per heavy atom. The van der Waals surface area contributed by atoms with Crippen LogP contribution in [-0.4, -0.2) is 48.1 Å². The van der Waals surface area contributed by atoms with Crippen LogP contribution < -0.4 is 10.1 Å². The summed E-state index contributed by atoms with van der Waals surface area (Å²) < 4.78 is 20.1. The molecule has 0 unspecified atom stereocenters. The molecule has 4 aromatic carbocycles. The van der Waals surface area contributed by atoms with Crippen molar-refractivity contribution in [2.45, 2.75) is 45.2 Å². The highest BCUT2D eigenvalue weighted by molar-refractivity contribution is 6.01. The second kappa shape index (κ2) is 12.5.